The Bertz CT molecular complexity index is 896. The number of rotatable bonds is 9. The van der Waals surface area contributed by atoms with E-state index in [1.165, 1.54) is 0 Å². The van der Waals surface area contributed by atoms with Gasteiger partial charge in [-0.05, 0) is 23.1 Å². The fraction of sp³-hybridized carbons (Fsp3) is 0.200. The molecule has 148 valence electrons. The zero-order valence-electron chi connectivity index (χ0n) is 16.4. The minimum Gasteiger partial charge on any atom is -0.350 e. The van der Waals surface area contributed by atoms with Gasteiger partial charge in [-0.2, -0.15) is 0 Å². The fourth-order valence-electron chi connectivity index (χ4n) is 3.14. The van der Waals surface area contributed by atoms with Gasteiger partial charge in [-0.3, -0.25) is 9.59 Å². The minimum absolute atomic E-state index is 0.121. The molecule has 0 aliphatic carbocycles. The van der Waals surface area contributed by atoms with Crippen LogP contribution in [0, 0.1) is 0 Å². The molecule has 0 saturated carbocycles. The largest absolute Gasteiger partial charge is 0.350 e. The van der Waals surface area contributed by atoms with Crippen LogP contribution in [0.15, 0.2) is 91.0 Å². The molecule has 3 aromatic rings. The third kappa shape index (κ3) is 6.92. The predicted octanol–water partition coefficient (Wildman–Crippen LogP) is 3.66. The monoisotopic (exact) mass is 386 g/mol. The van der Waals surface area contributed by atoms with Gasteiger partial charge in [0, 0.05) is 19.4 Å². The van der Waals surface area contributed by atoms with Crippen LogP contribution in [-0.4, -0.2) is 17.9 Å². The first kappa shape index (κ1) is 20.3. The van der Waals surface area contributed by atoms with Crippen molar-refractivity contribution in [3.8, 4) is 0 Å². The van der Waals surface area contributed by atoms with Gasteiger partial charge in [0.2, 0.25) is 11.8 Å². The maximum absolute atomic E-state index is 12.8. The Labute approximate surface area is 172 Å². The predicted molar refractivity (Wildman–Crippen MR) is 115 cm³/mol. The topological polar surface area (TPSA) is 58.2 Å². The van der Waals surface area contributed by atoms with Gasteiger partial charge in [0.05, 0.1) is 0 Å². The highest BCUT2D eigenvalue weighted by Gasteiger charge is 2.21. The van der Waals surface area contributed by atoms with E-state index >= 15 is 0 Å². The average Bonchev–Trinajstić information content (AvgIpc) is 2.78. The summed E-state index contributed by atoms with van der Waals surface area (Å²) in [6.07, 6.45) is 1.45. The van der Waals surface area contributed by atoms with Crippen LogP contribution in [0.4, 0.5) is 0 Å². The Morgan fingerprint density at radius 2 is 1.21 bits per heavy atom. The summed E-state index contributed by atoms with van der Waals surface area (Å²) in [5, 5.41) is 5.87. The maximum atomic E-state index is 12.8. The highest BCUT2D eigenvalue weighted by Crippen LogP contribution is 2.07. The van der Waals surface area contributed by atoms with E-state index in [9.17, 15) is 9.59 Å². The Hall–Kier alpha value is -3.40. The lowest BCUT2D eigenvalue weighted by atomic mass is 10.0. The highest BCUT2D eigenvalue weighted by atomic mass is 16.2. The van der Waals surface area contributed by atoms with Crippen LogP contribution >= 0.6 is 0 Å². The number of amides is 2. The summed E-state index contributed by atoms with van der Waals surface area (Å²) >= 11 is 0. The van der Waals surface area contributed by atoms with Gasteiger partial charge in [-0.15, -0.1) is 0 Å². The van der Waals surface area contributed by atoms with Gasteiger partial charge in [0.25, 0.3) is 0 Å². The summed E-state index contributed by atoms with van der Waals surface area (Å²) in [6.45, 7) is 0.435. The summed E-state index contributed by atoms with van der Waals surface area (Å²) < 4.78 is 0. The van der Waals surface area contributed by atoms with E-state index in [0.29, 0.717) is 25.8 Å². The molecular weight excluding hydrogens is 360 g/mol. The van der Waals surface area contributed by atoms with E-state index in [2.05, 4.69) is 10.6 Å². The molecule has 0 bridgehead atoms. The number of hydrogen-bond acceptors (Lipinski definition) is 2. The van der Waals surface area contributed by atoms with E-state index in [-0.39, 0.29) is 11.8 Å². The second-order valence-electron chi connectivity index (χ2n) is 7.00. The van der Waals surface area contributed by atoms with Crippen LogP contribution in [0.2, 0.25) is 0 Å². The second kappa shape index (κ2) is 10.8. The number of aryl methyl sites for hydroxylation is 1. The summed E-state index contributed by atoms with van der Waals surface area (Å²) in [7, 11) is 0. The van der Waals surface area contributed by atoms with Crippen molar-refractivity contribution in [2.45, 2.75) is 31.8 Å². The van der Waals surface area contributed by atoms with Crippen LogP contribution in [0.25, 0.3) is 0 Å². The molecule has 3 rings (SSSR count). The lowest BCUT2D eigenvalue weighted by Gasteiger charge is -2.19. The summed E-state index contributed by atoms with van der Waals surface area (Å²) in [5.74, 6) is -0.296. The third-order valence-corrected chi connectivity index (χ3v) is 4.73. The van der Waals surface area contributed by atoms with Crippen molar-refractivity contribution < 1.29 is 9.59 Å². The number of carbonyl (C=O) groups excluding carboxylic acids is 2. The maximum Gasteiger partial charge on any atom is 0.243 e. The standard InChI is InChI=1S/C25H26N2O2/c28-24(17-16-20-10-4-1-5-11-20)27-23(18-21-12-6-2-7-13-21)25(29)26-19-22-14-8-3-9-15-22/h1-15,23H,16-19H2,(H,26,29)(H,27,28). The molecule has 0 fully saturated rings. The molecular formula is C25H26N2O2. The van der Waals surface area contributed by atoms with E-state index in [1.54, 1.807) is 0 Å². The van der Waals surface area contributed by atoms with Gasteiger partial charge in [-0.1, -0.05) is 91.0 Å². The van der Waals surface area contributed by atoms with Crippen LogP contribution in [0.5, 0.6) is 0 Å². The molecule has 0 spiro atoms. The van der Waals surface area contributed by atoms with E-state index in [0.717, 1.165) is 16.7 Å². The molecule has 3 aromatic carbocycles. The molecule has 29 heavy (non-hydrogen) atoms. The Kier molecular flexibility index (Phi) is 7.58. The Balaban J connectivity index is 1.60. The van der Waals surface area contributed by atoms with Gasteiger partial charge in [-0.25, -0.2) is 0 Å². The first-order chi connectivity index (χ1) is 14.2. The van der Waals surface area contributed by atoms with Gasteiger partial charge in [0.1, 0.15) is 6.04 Å². The fourth-order valence-corrected chi connectivity index (χ4v) is 3.14. The number of nitrogens with one attached hydrogen (secondary N) is 2. The van der Waals surface area contributed by atoms with Crippen LogP contribution in [0.3, 0.4) is 0 Å². The zero-order valence-corrected chi connectivity index (χ0v) is 16.4. The smallest absolute Gasteiger partial charge is 0.243 e. The molecule has 0 aromatic heterocycles. The lowest BCUT2D eigenvalue weighted by molar-refractivity contribution is -0.129. The first-order valence-corrected chi connectivity index (χ1v) is 9.89. The van der Waals surface area contributed by atoms with Crippen LogP contribution < -0.4 is 10.6 Å². The molecule has 0 radical (unpaired) electrons. The highest BCUT2D eigenvalue weighted by molar-refractivity contribution is 5.87. The Morgan fingerprint density at radius 3 is 1.79 bits per heavy atom. The van der Waals surface area contributed by atoms with Crippen molar-refractivity contribution in [1.82, 2.24) is 10.6 Å². The molecule has 2 amide bonds. The molecule has 0 heterocycles. The van der Waals surface area contributed by atoms with Gasteiger partial charge in [0.15, 0.2) is 0 Å². The summed E-state index contributed by atoms with van der Waals surface area (Å²) in [6, 6.07) is 28.8. The number of hydrogen-bond donors (Lipinski definition) is 2. The van der Waals surface area contributed by atoms with Crippen LogP contribution in [-0.2, 0) is 29.0 Å². The SMILES string of the molecule is O=C(CCc1ccccc1)NC(Cc1ccccc1)C(=O)NCc1ccccc1. The first-order valence-electron chi connectivity index (χ1n) is 9.89. The molecule has 1 atom stereocenters. The number of benzene rings is 3. The normalized spacial score (nSPS) is 11.4. The van der Waals surface area contributed by atoms with Crippen molar-refractivity contribution in [1.29, 1.82) is 0 Å². The quantitative estimate of drug-likeness (QED) is 0.590. The third-order valence-electron chi connectivity index (χ3n) is 4.73. The molecule has 0 saturated heterocycles. The van der Waals surface area contributed by atoms with Crippen molar-refractivity contribution in [3.63, 3.8) is 0 Å². The minimum atomic E-state index is -0.607. The molecule has 4 heteroatoms. The van der Waals surface area contributed by atoms with E-state index in [4.69, 9.17) is 0 Å². The lowest BCUT2D eigenvalue weighted by Crippen LogP contribution is -2.47. The van der Waals surface area contributed by atoms with E-state index < -0.39 is 6.04 Å². The van der Waals surface area contributed by atoms with Crippen molar-refractivity contribution in [3.05, 3.63) is 108 Å². The van der Waals surface area contributed by atoms with Gasteiger partial charge < -0.3 is 10.6 Å². The molecule has 0 aliphatic heterocycles. The number of carbonyl (C=O) groups is 2. The Morgan fingerprint density at radius 1 is 0.690 bits per heavy atom. The zero-order chi connectivity index (χ0) is 20.3. The van der Waals surface area contributed by atoms with Crippen molar-refractivity contribution >= 4 is 11.8 Å². The summed E-state index contributed by atoms with van der Waals surface area (Å²) in [5.41, 5.74) is 3.14. The average molecular weight is 386 g/mol. The van der Waals surface area contributed by atoms with Gasteiger partial charge >= 0.3 is 0 Å². The molecule has 0 aliphatic rings. The van der Waals surface area contributed by atoms with Crippen molar-refractivity contribution in [2.75, 3.05) is 0 Å². The van der Waals surface area contributed by atoms with Crippen molar-refractivity contribution in [2.24, 2.45) is 0 Å². The molecule has 2 N–H and O–H groups in total. The molecule has 4 nitrogen and oxygen atoms in total. The van der Waals surface area contributed by atoms with Crippen LogP contribution in [0.1, 0.15) is 23.1 Å². The second-order valence-corrected chi connectivity index (χ2v) is 7.00. The summed E-state index contributed by atoms with van der Waals surface area (Å²) in [4.78, 5) is 25.3. The molecule has 1 unspecified atom stereocenters. The van der Waals surface area contributed by atoms with E-state index in [1.807, 2.05) is 91.0 Å².